The summed E-state index contributed by atoms with van der Waals surface area (Å²) in [6.07, 6.45) is 4.80. The van der Waals surface area contributed by atoms with Gasteiger partial charge >= 0.3 is 0 Å². The fourth-order valence-electron chi connectivity index (χ4n) is 4.53. The molecule has 1 fully saturated rings. The molecule has 1 aliphatic heterocycles. The topological polar surface area (TPSA) is 79.2 Å². The van der Waals surface area contributed by atoms with Crippen LogP contribution in [0.2, 0.25) is 0 Å². The van der Waals surface area contributed by atoms with Crippen molar-refractivity contribution >= 4 is 16.6 Å². The number of fused-ring (bicyclic) bond motifs is 3. The van der Waals surface area contributed by atoms with E-state index in [1.165, 1.54) is 10.7 Å². The summed E-state index contributed by atoms with van der Waals surface area (Å²) in [5.74, 6) is -0.418. The Morgan fingerprint density at radius 2 is 1.88 bits per heavy atom. The molecule has 0 amide bonds. The van der Waals surface area contributed by atoms with Gasteiger partial charge in [-0.1, -0.05) is 29.5 Å². The molecule has 4 heterocycles. The zero-order valence-electron chi connectivity index (χ0n) is 17.3. The van der Waals surface area contributed by atoms with Crippen molar-refractivity contribution in [3.05, 3.63) is 77.2 Å². The first-order chi connectivity index (χ1) is 15.6. The van der Waals surface area contributed by atoms with Gasteiger partial charge in [0.25, 0.3) is 5.56 Å². The van der Waals surface area contributed by atoms with Crippen molar-refractivity contribution < 1.29 is 9.13 Å². The van der Waals surface area contributed by atoms with Crippen LogP contribution in [0, 0.1) is 5.82 Å². The minimum atomic E-state index is -0.745. The second kappa shape index (κ2) is 6.83. The minimum absolute atomic E-state index is 0.221. The molecule has 1 unspecified atom stereocenters. The van der Waals surface area contributed by atoms with Crippen LogP contribution in [0.25, 0.3) is 33.6 Å². The Kier molecular flexibility index (Phi) is 4.03. The summed E-state index contributed by atoms with van der Waals surface area (Å²) in [6.45, 7) is 2.54. The lowest BCUT2D eigenvalue weighted by atomic mass is 10.1. The molecule has 0 radical (unpaired) electrons. The Hall–Kier alpha value is -3.85. The van der Waals surface area contributed by atoms with Gasteiger partial charge in [-0.25, -0.2) is 14.1 Å². The molecule has 1 aliphatic rings. The van der Waals surface area contributed by atoms with Gasteiger partial charge in [0, 0.05) is 6.61 Å². The second-order valence-corrected chi connectivity index (χ2v) is 8.07. The van der Waals surface area contributed by atoms with E-state index in [0.717, 1.165) is 23.9 Å². The van der Waals surface area contributed by atoms with E-state index in [1.807, 2.05) is 31.2 Å². The molecule has 160 valence electrons. The van der Waals surface area contributed by atoms with E-state index >= 15 is 0 Å². The van der Waals surface area contributed by atoms with Crippen LogP contribution in [0.3, 0.4) is 0 Å². The molecule has 0 aliphatic carbocycles. The van der Waals surface area contributed by atoms with E-state index in [4.69, 9.17) is 4.74 Å². The normalized spacial score (nSPS) is 18.7. The molecule has 8 nitrogen and oxygen atoms in total. The Labute approximate surface area is 181 Å². The smallest absolute Gasteiger partial charge is 0.280 e. The van der Waals surface area contributed by atoms with Crippen LogP contribution in [0.15, 0.2) is 65.8 Å². The summed E-state index contributed by atoms with van der Waals surface area (Å²) < 4.78 is 25.1. The molecular weight excluding hydrogens is 411 g/mol. The van der Waals surface area contributed by atoms with Gasteiger partial charge in [0.2, 0.25) is 0 Å². The molecule has 1 saturated heterocycles. The molecule has 9 heteroatoms. The highest BCUT2D eigenvalue weighted by molar-refractivity contribution is 5.84. The van der Waals surface area contributed by atoms with Gasteiger partial charge in [0.1, 0.15) is 40.5 Å². The lowest BCUT2D eigenvalue weighted by Crippen LogP contribution is -2.39. The number of nitrogens with zero attached hydrogens (tertiary/aromatic N) is 6. The van der Waals surface area contributed by atoms with Crippen LogP contribution < -0.4 is 5.56 Å². The number of benzene rings is 2. The van der Waals surface area contributed by atoms with Gasteiger partial charge in [-0.05, 0) is 44.0 Å². The average Bonchev–Trinajstić information content (AvgIpc) is 3.54. The number of hydrogen-bond acceptors (Lipinski definition) is 5. The van der Waals surface area contributed by atoms with Gasteiger partial charge in [0.15, 0.2) is 0 Å². The number of halogens is 1. The number of imidazole rings is 1. The second-order valence-electron chi connectivity index (χ2n) is 8.07. The van der Waals surface area contributed by atoms with Gasteiger partial charge in [-0.15, -0.1) is 5.10 Å². The van der Waals surface area contributed by atoms with Crippen LogP contribution >= 0.6 is 0 Å². The Bertz CT molecular complexity index is 1540. The van der Waals surface area contributed by atoms with Crippen molar-refractivity contribution in [2.24, 2.45) is 0 Å². The van der Waals surface area contributed by atoms with Crippen molar-refractivity contribution in [2.75, 3.05) is 6.61 Å². The highest BCUT2D eigenvalue weighted by Crippen LogP contribution is 2.33. The first-order valence-electron chi connectivity index (χ1n) is 10.4. The largest absolute Gasteiger partial charge is 0.355 e. The number of rotatable bonds is 3. The lowest BCUT2D eigenvalue weighted by Gasteiger charge is -2.28. The number of para-hydroxylation sites is 3. The third-order valence-corrected chi connectivity index (χ3v) is 6.06. The predicted octanol–water partition coefficient (Wildman–Crippen LogP) is 3.52. The van der Waals surface area contributed by atoms with Crippen LogP contribution in [-0.4, -0.2) is 35.6 Å². The number of ether oxygens (including phenoxy) is 1. The number of aromatic nitrogens is 6. The van der Waals surface area contributed by atoms with E-state index < -0.39 is 11.5 Å². The summed E-state index contributed by atoms with van der Waals surface area (Å²) in [6, 6.07) is 14.0. The van der Waals surface area contributed by atoms with Gasteiger partial charge in [0.05, 0.1) is 17.2 Å². The van der Waals surface area contributed by atoms with E-state index in [2.05, 4.69) is 15.3 Å². The summed E-state index contributed by atoms with van der Waals surface area (Å²) in [4.78, 5) is 18.3. The molecule has 5 aromatic rings. The fourth-order valence-corrected chi connectivity index (χ4v) is 4.53. The van der Waals surface area contributed by atoms with E-state index in [0.29, 0.717) is 23.5 Å². The standard InChI is InChI=1S/C23H19FN6O2/c1-23(11-6-12-32-23)30-19-10-5-4-9-18(19)28-14-25-20(21(28)22(30)31)16-13-29(27-26-16)17-8-3-2-7-15(17)24/h2-5,7-10,13-14H,6,11-12H2,1H3. The monoisotopic (exact) mass is 430 g/mol. The molecule has 6 rings (SSSR count). The lowest BCUT2D eigenvalue weighted by molar-refractivity contribution is -0.0447. The van der Waals surface area contributed by atoms with Gasteiger partial charge in [-0.3, -0.25) is 13.8 Å². The fraction of sp³-hybridized carbons (Fsp3) is 0.217. The third kappa shape index (κ3) is 2.64. The van der Waals surface area contributed by atoms with E-state index in [-0.39, 0.29) is 11.2 Å². The summed E-state index contributed by atoms with van der Waals surface area (Å²) >= 11 is 0. The molecule has 0 N–H and O–H groups in total. The zero-order valence-corrected chi connectivity index (χ0v) is 17.3. The molecule has 1 atom stereocenters. The van der Waals surface area contributed by atoms with Crippen molar-refractivity contribution in [3.63, 3.8) is 0 Å². The highest BCUT2D eigenvalue weighted by atomic mass is 19.1. The van der Waals surface area contributed by atoms with Crippen LogP contribution in [0.4, 0.5) is 4.39 Å². The molecule has 32 heavy (non-hydrogen) atoms. The van der Waals surface area contributed by atoms with Crippen LogP contribution in [0.5, 0.6) is 0 Å². The first kappa shape index (κ1) is 18.9. The maximum Gasteiger partial charge on any atom is 0.280 e. The maximum atomic E-state index is 14.2. The van der Waals surface area contributed by atoms with Crippen molar-refractivity contribution in [3.8, 4) is 17.1 Å². The minimum Gasteiger partial charge on any atom is -0.355 e. The SMILES string of the molecule is CC1(n2c(=O)c3c(-c4cn(-c5ccccc5F)nn4)ncn3c3ccccc32)CCCO1. The summed E-state index contributed by atoms with van der Waals surface area (Å²) in [7, 11) is 0. The third-order valence-electron chi connectivity index (χ3n) is 6.06. The van der Waals surface area contributed by atoms with Crippen LogP contribution in [0.1, 0.15) is 19.8 Å². The highest BCUT2D eigenvalue weighted by Gasteiger charge is 2.35. The Morgan fingerprint density at radius 3 is 2.66 bits per heavy atom. The van der Waals surface area contributed by atoms with Crippen molar-refractivity contribution in [2.45, 2.75) is 25.5 Å². The molecule has 0 bridgehead atoms. The van der Waals surface area contributed by atoms with E-state index in [1.54, 1.807) is 39.7 Å². The Morgan fingerprint density at radius 1 is 1.09 bits per heavy atom. The van der Waals surface area contributed by atoms with Crippen molar-refractivity contribution in [1.82, 2.24) is 28.9 Å². The molecule has 3 aromatic heterocycles. The van der Waals surface area contributed by atoms with Gasteiger partial charge < -0.3 is 4.74 Å². The zero-order chi connectivity index (χ0) is 21.9. The average molecular weight is 430 g/mol. The number of hydrogen-bond donors (Lipinski definition) is 0. The predicted molar refractivity (Wildman–Crippen MR) is 116 cm³/mol. The molecule has 0 saturated carbocycles. The summed E-state index contributed by atoms with van der Waals surface area (Å²) in [5.41, 5.74) is 2.05. The quantitative estimate of drug-likeness (QED) is 0.438. The summed E-state index contributed by atoms with van der Waals surface area (Å²) in [5, 5.41) is 8.24. The Balaban J connectivity index is 1.62. The van der Waals surface area contributed by atoms with Crippen molar-refractivity contribution in [1.29, 1.82) is 0 Å². The van der Waals surface area contributed by atoms with Crippen LogP contribution in [-0.2, 0) is 10.5 Å². The van der Waals surface area contributed by atoms with Gasteiger partial charge in [-0.2, -0.15) is 0 Å². The van der Waals surface area contributed by atoms with E-state index in [9.17, 15) is 9.18 Å². The maximum absolute atomic E-state index is 14.2. The molecule has 2 aromatic carbocycles. The molecule has 0 spiro atoms. The molecular formula is C23H19FN6O2. The first-order valence-corrected chi connectivity index (χ1v) is 10.4.